The number of hydrogen-bond acceptors (Lipinski definition) is 8. The van der Waals surface area contributed by atoms with Crippen LogP contribution >= 0.6 is 0 Å². The molecule has 0 unspecified atom stereocenters. The molecular weight excluding hydrogens is 506 g/mol. The van der Waals surface area contributed by atoms with Gasteiger partial charge in [0.05, 0.1) is 6.04 Å². The maximum Gasteiger partial charge on any atom is 0.303 e. The predicted octanol–water partition coefficient (Wildman–Crippen LogP) is 2.60. The highest BCUT2D eigenvalue weighted by molar-refractivity contribution is 6.99. The van der Waals surface area contributed by atoms with E-state index in [0.29, 0.717) is 0 Å². The number of rotatable bonds is 8. The molecule has 3 rings (SSSR count). The molecule has 0 aromatic heterocycles. The fourth-order valence-corrected chi connectivity index (χ4v) is 9.90. The van der Waals surface area contributed by atoms with E-state index in [-0.39, 0.29) is 6.42 Å². The molecule has 0 bridgehead atoms. The number of aliphatic hydroxyl groups is 2. The summed E-state index contributed by atoms with van der Waals surface area (Å²) in [7, 11) is -3.34. The Bertz CT molecular complexity index is 1130. The summed E-state index contributed by atoms with van der Waals surface area (Å²) in [5, 5.41) is 28.2. The van der Waals surface area contributed by atoms with Crippen LogP contribution in [0.1, 0.15) is 41.0 Å². The van der Waals surface area contributed by atoms with E-state index in [4.69, 9.17) is 13.9 Å². The van der Waals surface area contributed by atoms with E-state index in [0.717, 1.165) is 10.4 Å². The molecule has 10 nitrogen and oxygen atoms in total. The Balaban J connectivity index is 2.27. The minimum absolute atomic E-state index is 0.315. The number of carbonyl (C=O) groups is 2. The number of nitrogens with zero attached hydrogens (tertiary/aromatic N) is 3. The first kappa shape index (κ1) is 29.3. The summed E-state index contributed by atoms with van der Waals surface area (Å²) < 4.78 is 17.7. The van der Waals surface area contributed by atoms with Crippen molar-refractivity contribution in [2.24, 2.45) is 5.11 Å². The van der Waals surface area contributed by atoms with E-state index in [1.54, 1.807) is 0 Å². The first-order valence-electron chi connectivity index (χ1n) is 12.4. The molecule has 1 saturated carbocycles. The van der Waals surface area contributed by atoms with Crippen molar-refractivity contribution in [3.05, 3.63) is 71.1 Å². The normalized spacial score (nSPS) is 25.7. The van der Waals surface area contributed by atoms with Gasteiger partial charge in [0.1, 0.15) is 30.5 Å². The fourth-order valence-electron chi connectivity index (χ4n) is 5.21. The zero-order valence-corrected chi connectivity index (χ0v) is 23.3. The Morgan fingerprint density at radius 2 is 1.55 bits per heavy atom. The van der Waals surface area contributed by atoms with Crippen molar-refractivity contribution in [1.29, 1.82) is 0 Å². The van der Waals surface area contributed by atoms with Crippen molar-refractivity contribution in [3.63, 3.8) is 0 Å². The Morgan fingerprint density at radius 3 is 1.97 bits per heavy atom. The summed E-state index contributed by atoms with van der Waals surface area (Å²) in [6, 6.07) is 18.1. The van der Waals surface area contributed by atoms with Gasteiger partial charge in [-0.25, -0.2) is 0 Å². The van der Waals surface area contributed by atoms with Gasteiger partial charge in [-0.15, -0.1) is 0 Å². The first-order chi connectivity index (χ1) is 17.9. The van der Waals surface area contributed by atoms with Crippen LogP contribution in [0.2, 0.25) is 5.04 Å². The summed E-state index contributed by atoms with van der Waals surface area (Å²) in [5.74, 6) is -1.32. The molecule has 0 saturated heterocycles. The van der Waals surface area contributed by atoms with Gasteiger partial charge in [0.15, 0.2) is 0 Å². The van der Waals surface area contributed by atoms with Crippen LogP contribution in [0.4, 0.5) is 0 Å². The average Bonchev–Trinajstić information content (AvgIpc) is 2.86. The predicted molar refractivity (Wildman–Crippen MR) is 143 cm³/mol. The molecule has 38 heavy (non-hydrogen) atoms. The number of azide groups is 1. The van der Waals surface area contributed by atoms with E-state index >= 15 is 0 Å². The zero-order chi connectivity index (χ0) is 28.1. The van der Waals surface area contributed by atoms with Crippen molar-refractivity contribution >= 4 is 30.6 Å². The highest BCUT2D eigenvalue weighted by atomic mass is 28.4. The molecule has 5 atom stereocenters. The van der Waals surface area contributed by atoms with Crippen LogP contribution in [0.15, 0.2) is 65.8 Å². The second kappa shape index (κ2) is 11.7. The third-order valence-electron chi connectivity index (χ3n) is 6.88. The van der Waals surface area contributed by atoms with Crippen molar-refractivity contribution < 1.29 is 33.7 Å². The molecule has 1 fully saturated rings. The molecule has 2 aromatic rings. The van der Waals surface area contributed by atoms with E-state index in [9.17, 15) is 25.3 Å². The van der Waals surface area contributed by atoms with Crippen LogP contribution in [-0.4, -0.2) is 67.0 Å². The molecule has 0 spiro atoms. The Hall–Kier alpha value is -3.21. The lowest BCUT2D eigenvalue weighted by atomic mass is 9.76. The van der Waals surface area contributed by atoms with E-state index in [1.807, 2.05) is 81.4 Å². The van der Waals surface area contributed by atoms with E-state index in [2.05, 4.69) is 10.0 Å². The zero-order valence-electron chi connectivity index (χ0n) is 22.3. The van der Waals surface area contributed by atoms with Gasteiger partial charge in [0.2, 0.25) is 0 Å². The van der Waals surface area contributed by atoms with Gasteiger partial charge in [-0.05, 0) is 27.4 Å². The van der Waals surface area contributed by atoms with Gasteiger partial charge in [0, 0.05) is 18.8 Å². The number of benzene rings is 2. The van der Waals surface area contributed by atoms with Crippen LogP contribution in [-0.2, 0) is 23.5 Å². The van der Waals surface area contributed by atoms with Crippen LogP contribution in [0, 0.1) is 0 Å². The molecule has 2 aromatic carbocycles. The van der Waals surface area contributed by atoms with Crippen LogP contribution in [0.3, 0.4) is 0 Å². The van der Waals surface area contributed by atoms with Crippen molar-refractivity contribution in [2.75, 3.05) is 6.61 Å². The van der Waals surface area contributed by atoms with Crippen molar-refractivity contribution in [1.82, 2.24) is 0 Å². The standard InChI is InChI=1S/C27H35N3O7Si/c1-18(31)35-17-27(34)16-22(29-30-28)23(36-19(2)32)24(25(27)33)37-38(26(3,4)5,20-12-8-6-9-13-20)21-14-10-7-11-15-21/h6-15,22-25,33-34H,16-17H2,1-5H3/t22-,23-,24+,25-,27-/m0/s1. The monoisotopic (exact) mass is 541 g/mol. The molecular formula is C27H35N3O7Si. The summed E-state index contributed by atoms with van der Waals surface area (Å²) >= 11 is 0. The van der Waals surface area contributed by atoms with E-state index in [1.165, 1.54) is 13.8 Å². The van der Waals surface area contributed by atoms with Gasteiger partial charge < -0.3 is 24.1 Å². The lowest BCUT2D eigenvalue weighted by Crippen LogP contribution is -2.73. The smallest absolute Gasteiger partial charge is 0.303 e. The lowest BCUT2D eigenvalue weighted by molar-refractivity contribution is -0.213. The number of hydrogen-bond donors (Lipinski definition) is 2. The van der Waals surface area contributed by atoms with Crippen LogP contribution < -0.4 is 10.4 Å². The van der Waals surface area contributed by atoms with Gasteiger partial charge in [0.25, 0.3) is 8.32 Å². The molecule has 0 heterocycles. The molecule has 0 amide bonds. The molecule has 204 valence electrons. The SMILES string of the molecule is CC(=O)OC[C@@]1(O)C[C@H](N=[N+]=[N-])[C@H](OC(C)=O)[C@@H](O[Si](c2ccccc2)(c2ccccc2)C(C)(C)C)[C@@H]1O. The van der Waals surface area contributed by atoms with Crippen LogP contribution in [0.25, 0.3) is 10.4 Å². The number of carbonyl (C=O) groups excluding carboxylic acids is 2. The third-order valence-corrected chi connectivity index (χ3v) is 11.9. The second-order valence-corrected chi connectivity index (χ2v) is 14.9. The van der Waals surface area contributed by atoms with Crippen molar-refractivity contribution in [2.45, 2.75) is 76.0 Å². The molecule has 0 aliphatic heterocycles. The summed E-state index contributed by atoms with van der Waals surface area (Å²) in [4.78, 5) is 26.6. The largest absolute Gasteiger partial charge is 0.463 e. The topological polar surface area (TPSA) is 151 Å². The Kier molecular flexibility index (Phi) is 9.01. The maximum absolute atomic E-state index is 12.2. The highest BCUT2D eigenvalue weighted by Crippen LogP contribution is 2.42. The number of ether oxygens (including phenoxy) is 2. The van der Waals surface area contributed by atoms with E-state index < -0.39 is 61.9 Å². The summed E-state index contributed by atoms with van der Waals surface area (Å²) in [6.07, 6.45) is -4.50. The van der Waals surface area contributed by atoms with Gasteiger partial charge in [-0.2, -0.15) is 0 Å². The summed E-state index contributed by atoms with van der Waals surface area (Å²) in [6.45, 7) is 7.93. The fraction of sp³-hybridized carbons (Fsp3) is 0.481. The average molecular weight is 542 g/mol. The molecule has 1 aliphatic carbocycles. The van der Waals surface area contributed by atoms with Gasteiger partial charge in [-0.3, -0.25) is 9.59 Å². The van der Waals surface area contributed by atoms with Gasteiger partial charge >= 0.3 is 11.9 Å². The van der Waals surface area contributed by atoms with Crippen LogP contribution in [0.5, 0.6) is 0 Å². The minimum atomic E-state index is -3.34. The molecule has 1 aliphatic rings. The quantitative estimate of drug-likeness (QED) is 0.171. The molecule has 0 radical (unpaired) electrons. The minimum Gasteiger partial charge on any atom is -0.463 e. The van der Waals surface area contributed by atoms with Crippen molar-refractivity contribution in [3.8, 4) is 0 Å². The molecule has 11 heteroatoms. The second-order valence-electron chi connectivity index (χ2n) is 10.6. The maximum atomic E-state index is 12.2. The Morgan fingerprint density at radius 1 is 1.03 bits per heavy atom. The first-order valence-corrected chi connectivity index (χ1v) is 14.3. The number of aliphatic hydroxyl groups excluding tert-OH is 1. The highest BCUT2D eigenvalue weighted by Gasteiger charge is 2.60. The Labute approximate surface area is 223 Å². The number of esters is 2. The lowest BCUT2D eigenvalue weighted by Gasteiger charge is -2.52. The van der Waals surface area contributed by atoms with Gasteiger partial charge in [-0.1, -0.05) is 86.5 Å². The summed E-state index contributed by atoms with van der Waals surface area (Å²) in [5.41, 5.74) is 7.25. The molecule has 2 N–H and O–H groups in total. The third kappa shape index (κ3) is 5.92.